The van der Waals surface area contributed by atoms with Crippen LogP contribution in [0.15, 0.2) is 85.1 Å². The third-order valence-corrected chi connectivity index (χ3v) is 4.85. The fourth-order valence-corrected chi connectivity index (χ4v) is 3.11. The molecule has 1 aromatic heterocycles. The lowest BCUT2D eigenvalue weighted by Crippen LogP contribution is -2.22. The monoisotopic (exact) mass is 425 g/mol. The summed E-state index contributed by atoms with van der Waals surface area (Å²) in [5.74, 6) is 2.02. The molecule has 0 saturated heterocycles. The van der Waals surface area contributed by atoms with Crippen LogP contribution in [-0.2, 0) is 6.54 Å². The first-order chi connectivity index (χ1) is 15.6. The number of aromatic nitrogens is 2. The molecule has 1 heterocycles. The van der Waals surface area contributed by atoms with Crippen molar-refractivity contribution in [3.8, 4) is 28.8 Å². The minimum atomic E-state index is -0.156. The van der Waals surface area contributed by atoms with Gasteiger partial charge in [0.15, 0.2) is 5.82 Å². The van der Waals surface area contributed by atoms with Crippen LogP contribution in [0.1, 0.15) is 21.5 Å². The summed E-state index contributed by atoms with van der Waals surface area (Å²) in [6, 6.07) is 24.3. The fraction of sp³-hybridized carbons (Fsp3) is 0.115. The normalized spacial score (nSPS) is 10.4. The van der Waals surface area contributed by atoms with Gasteiger partial charge in [0, 0.05) is 36.0 Å². The highest BCUT2D eigenvalue weighted by molar-refractivity contribution is 5.95. The number of carbonyl (C=O) groups excluding carboxylic acids is 1. The van der Waals surface area contributed by atoms with Crippen molar-refractivity contribution in [1.29, 1.82) is 0 Å². The van der Waals surface area contributed by atoms with E-state index in [4.69, 9.17) is 9.47 Å². The van der Waals surface area contributed by atoms with Gasteiger partial charge in [-0.3, -0.25) is 4.79 Å². The number of nitrogens with zero attached hydrogens (tertiary/aromatic N) is 2. The van der Waals surface area contributed by atoms with Crippen molar-refractivity contribution in [1.82, 2.24) is 15.3 Å². The Balaban J connectivity index is 1.48. The number of carbonyl (C=O) groups is 1. The number of methoxy groups -OCH3 is 1. The van der Waals surface area contributed by atoms with E-state index in [-0.39, 0.29) is 5.91 Å². The molecule has 0 fully saturated rings. The summed E-state index contributed by atoms with van der Waals surface area (Å²) in [5, 5.41) is 2.95. The zero-order valence-corrected chi connectivity index (χ0v) is 17.9. The largest absolute Gasteiger partial charge is 0.497 e. The Morgan fingerprint density at radius 3 is 2.53 bits per heavy atom. The number of rotatable bonds is 7. The average Bonchev–Trinajstić information content (AvgIpc) is 2.84. The molecule has 0 bridgehead atoms. The molecule has 0 aliphatic heterocycles. The van der Waals surface area contributed by atoms with Crippen molar-refractivity contribution in [3.63, 3.8) is 0 Å². The maximum absolute atomic E-state index is 12.6. The fourth-order valence-electron chi connectivity index (χ4n) is 3.11. The Bertz CT molecular complexity index is 1220. The molecule has 0 radical (unpaired) electrons. The molecule has 0 unspecified atom stereocenters. The van der Waals surface area contributed by atoms with Crippen LogP contribution >= 0.6 is 0 Å². The molecular formula is C26H23N3O3. The van der Waals surface area contributed by atoms with Crippen molar-refractivity contribution in [3.05, 3.63) is 102 Å². The summed E-state index contributed by atoms with van der Waals surface area (Å²) in [7, 11) is 1.60. The second kappa shape index (κ2) is 9.75. The Kier molecular flexibility index (Phi) is 6.41. The zero-order chi connectivity index (χ0) is 22.3. The summed E-state index contributed by atoms with van der Waals surface area (Å²) in [4.78, 5) is 21.5. The maximum atomic E-state index is 12.6. The Morgan fingerprint density at radius 1 is 0.938 bits per heavy atom. The van der Waals surface area contributed by atoms with Gasteiger partial charge >= 0.3 is 0 Å². The number of aryl methyl sites for hydroxylation is 1. The quantitative estimate of drug-likeness (QED) is 0.441. The molecule has 160 valence electrons. The van der Waals surface area contributed by atoms with Gasteiger partial charge in [-0.25, -0.2) is 4.98 Å². The predicted molar refractivity (Wildman–Crippen MR) is 123 cm³/mol. The maximum Gasteiger partial charge on any atom is 0.251 e. The standard InChI is InChI=1S/C26H23N3O3/c1-18-9-11-19(12-10-18)17-28-26(30)21-6-3-5-20(15-21)25-27-14-13-24(29-25)32-23-8-4-7-22(16-23)31-2/h3-16H,17H2,1-2H3,(H,28,30). The van der Waals surface area contributed by atoms with E-state index in [0.29, 0.717) is 35.3 Å². The second-order valence-corrected chi connectivity index (χ2v) is 7.25. The number of ether oxygens (including phenoxy) is 2. The van der Waals surface area contributed by atoms with Gasteiger partial charge in [0.25, 0.3) is 5.91 Å². The lowest BCUT2D eigenvalue weighted by molar-refractivity contribution is 0.0951. The number of hydrogen-bond donors (Lipinski definition) is 1. The Hall–Kier alpha value is -4.19. The molecule has 0 atom stereocenters. The lowest BCUT2D eigenvalue weighted by Gasteiger charge is -2.09. The number of nitrogens with one attached hydrogen (secondary N) is 1. The molecular weight excluding hydrogens is 402 g/mol. The number of benzene rings is 3. The average molecular weight is 425 g/mol. The van der Waals surface area contributed by atoms with Crippen molar-refractivity contribution in [2.24, 2.45) is 0 Å². The van der Waals surface area contributed by atoms with Gasteiger partial charge in [0.1, 0.15) is 11.5 Å². The Morgan fingerprint density at radius 2 is 1.72 bits per heavy atom. The molecule has 32 heavy (non-hydrogen) atoms. The van der Waals surface area contributed by atoms with E-state index < -0.39 is 0 Å². The molecule has 4 aromatic rings. The van der Waals surface area contributed by atoms with Crippen molar-refractivity contribution < 1.29 is 14.3 Å². The van der Waals surface area contributed by atoms with Crippen LogP contribution < -0.4 is 14.8 Å². The van der Waals surface area contributed by atoms with Gasteiger partial charge in [-0.2, -0.15) is 4.98 Å². The van der Waals surface area contributed by atoms with Gasteiger partial charge < -0.3 is 14.8 Å². The van der Waals surface area contributed by atoms with E-state index in [9.17, 15) is 4.79 Å². The highest BCUT2D eigenvalue weighted by Gasteiger charge is 2.10. The molecule has 6 nitrogen and oxygen atoms in total. The first-order valence-electron chi connectivity index (χ1n) is 10.2. The smallest absolute Gasteiger partial charge is 0.251 e. The predicted octanol–water partition coefficient (Wildman–Crippen LogP) is 5.18. The van der Waals surface area contributed by atoms with E-state index in [1.165, 1.54) is 5.56 Å². The second-order valence-electron chi connectivity index (χ2n) is 7.25. The van der Waals surface area contributed by atoms with Gasteiger partial charge in [-0.05, 0) is 36.8 Å². The van der Waals surface area contributed by atoms with Crippen LogP contribution in [0.3, 0.4) is 0 Å². The first-order valence-corrected chi connectivity index (χ1v) is 10.2. The molecule has 0 aliphatic carbocycles. The number of amides is 1. The highest BCUT2D eigenvalue weighted by Crippen LogP contribution is 2.25. The molecule has 1 N–H and O–H groups in total. The minimum Gasteiger partial charge on any atom is -0.497 e. The van der Waals surface area contributed by atoms with Crippen molar-refractivity contribution in [2.45, 2.75) is 13.5 Å². The molecule has 3 aromatic carbocycles. The van der Waals surface area contributed by atoms with E-state index >= 15 is 0 Å². The van der Waals surface area contributed by atoms with Crippen LogP contribution in [0, 0.1) is 6.92 Å². The van der Waals surface area contributed by atoms with E-state index in [1.54, 1.807) is 37.6 Å². The molecule has 0 saturated carbocycles. The van der Waals surface area contributed by atoms with Gasteiger partial charge in [-0.1, -0.05) is 48.0 Å². The van der Waals surface area contributed by atoms with Crippen molar-refractivity contribution in [2.75, 3.05) is 7.11 Å². The van der Waals surface area contributed by atoms with Gasteiger partial charge in [-0.15, -0.1) is 0 Å². The zero-order valence-electron chi connectivity index (χ0n) is 17.9. The third kappa shape index (κ3) is 5.29. The van der Waals surface area contributed by atoms with Crippen LogP contribution in [-0.4, -0.2) is 23.0 Å². The molecule has 6 heteroatoms. The molecule has 0 aliphatic rings. The van der Waals surface area contributed by atoms with Crippen LogP contribution in [0.2, 0.25) is 0 Å². The molecule has 4 rings (SSSR count). The van der Waals surface area contributed by atoms with Crippen LogP contribution in [0.4, 0.5) is 0 Å². The van der Waals surface area contributed by atoms with Gasteiger partial charge in [0.2, 0.25) is 5.88 Å². The summed E-state index contributed by atoms with van der Waals surface area (Å²) < 4.78 is 11.1. The summed E-state index contributed by atoms with van der Waals surface area (Å²) in [6.45, 7) is 2.50. The van der Waals surface area contributed by atoms with E-state index in [1.807, 2.05) is 61.5 Å². The lowest BCUT2D eigenvalue weighted by atomic mass is 10.1. The number of hydrogen-bond acceptors (Lipinski definition) is 5. The minimum absolute atomic E-state index is 0.156. The Labute approximate surface area is 186 Å². The molecule has 0 spiro atoms. The van der Waals surface area contributed by atoms with E-state index in [0.717, 1.165) is 11.1 Å². The van der Waals surface area contributed by atoms with Gasteiger partial charge in [0.05, 0.1) is 7.11 Å². The summed E-state index contributed by atoms with van der Waals surface area (Å²) in [6.07, 6.45) is 1.63. The third-order valence-electron chi connectivity index (χ3n) is 4.85. The van der Waals surface area contributed by atoms with Crippen molar-refractivity contribution >= 4 is 5.91 Å². The molecule has 1 amide bonds. The van der Waals surface area contributed by atoms with Crippen LogP contribution in [0.25, 0.3) is 11.4 Å². The van der Waals surface area contributed by atoms with E-state index in [2.05, 4.69) is 15.3 Å². The first kappa shape index (κ1) is 21.1. The SMILES string of the molecule is COc1cccc(Oc2ccnc(-c3cccc(C(=O)NCc4ccc(C)cc4)c3)n2)c1. The topological polar surface area (TPSA) is 73.3 Å². The highest BCUT2D eigenvalue weighted by atomic mass is 16.5. The summed E-state index contributed by atoms with van der Waals surface area (Å²) in [5.41, 5.74) is 3.50. The summed E-state index contributed by atoms with van der Waals surface area (Å²) >= 11 is 0. The van der Waals surface area contributed by atoms with Crippen LogP contribution in [0.5, 0.6) is 17.4 Å².